The summed E-state index contributed by atoms with van der Waals surface area (Å²) in [5.41, 5.74) is 1.20. The molecule has 2 aromatic rings. The lowest BCUT2D eigenvalue weighted by molar-refractivity contribution is 0.0600. The highest BCUT2D eigenvalue weighted by atomic mass is 19.1. The molecule has 0 atom stereocenters. The molecule has 0 saturated heterocycles. The van der Waals surface area contributed by atoms with Crippen molar-refractivity contribution in [2.24, 2.45) is 4.99 Å². The molecule has 0 aromatic heterocycles. The second-order valence-electron chi connectivity index (χ2n) is 3.79. The SMILES string of the molecule is COC(=O)c1ccccc1/C=N\c1ccccc1F. The summed E-state index contributed by atoms with van der Waals surface area (Å²) in [6, 6.07) is 13.0. The van der Waals surface area contributed by atoms with Gasteiger partial charge in [0.1, 0.15) is 5.82 Å². The highest BCUT2D eigenvalue weighted by molar-refractivity contribution is 5.99. The third-order valence-electron chi connectivity index (χ3n) is 2.56. The Kier molecular flexibility index (Phi) is 4.03. The first-order valence-electron chi connectivity index (χ1n) is 5.68. The van der Waals surface area contributed by atoms with E-state index in [0.717, 1.165) is 0 Å². The molecule has 0 radical (unpaired) electrons. The first-order chi connectivity index (χ1) is 9.22. The average molecular weight is 257 g/mol. The number of hydrogen-bond donors (Lipinski definition) is 0. The van der Waals surface area contributed by atoms with Gasteiger partial charge in [0.25, 0.3) is 0 Å². The van der Waals surface area contributed by atoms with Gasteiger partial charge in [-0.3, -0.25) is 4.99 Å². The Morgan fingerprint density at radius 2 is 1.84 bits per heavy atom. The predicted molar refractivity (Wildman–Crippen MR) is 71.4 cm³/mol. The number of methoxy groups -OCH3 is 1. The van der Waals surface area contributed by atoms with Gasteiger partial charge in [-0.05, 0) is 18.2 Å². The minimum absolute atomic E-state index is 0.224. The van der Waals surface area contributed by atoms with Gasteiger partial charge in [-0.1, -0.05) is 30.3 Å². The van der Waals surface area contributed by atoms with Gasteiger partial charge in [0.15, 0.2) is 0 Å². The number of aliphatic imine (C=N–C) groups is 1. The Balaban J connectivity index is 2.34. The third kappa shape index (κ3) is 3.04. The van der Waals surface area contributed by atoms with Crippen molar-refractivity contribution < 1.29 is 13.9 Å². The Labute approximate surface area is 110 Å². The number of esters is 1. The molecule has 2 rings (SSSR count). The number of carbonyl (C=O) groups excluding carboxylic acids is 1. The molecule has 0 bridgehead atoms. The number of ether oxygens (including phenoxy) is 1. The lowest BCUT2D eigenvalue weighted by atomic mass is 10.1. The van der Waals surface area contributed by atoms with E-state index < -0.39 is 11.8 Å². The van der Waals surface area contributed by atoms with Crippen molar-refractivity contribution in [1.82, 2.24) is 0 Å². The number of para-hydroxylation sites is 1. The molecule has 3 nitrogen and oxygen atoms in total. The minimum Gasteiger partial charge on any atom is -0.465 e. The average Bonchev–Trinajstić information content (AvgIpc) is 2.46. The molecule has 0 amide bonds. The van der Waals surface area contributed by atoms with Crippen LogP contribution in [0, 0.1) is 5.82 Å². The monoisotopic (exact) mass is 257 g/mol. The molecule has 0 fully saturated rings. The molecule has 0 unspecified atom stereocenters. The molecule has 0 aliphatic heterocycles. The minimum atomic E-state index is -0.449. The zero-order valence-electron chi connectivity index (χ0n) is 10.3. The van der Waals surface area contributed by atoms with Crippen molar-refractivity contribution in [2.75, 3.05) is 7.11 Å². The van der Waals surface area contributed by atoms with Crippen LogP contribution in [0.15, 0.2) is 53.5 Å². The summed E-state index contributed by atoms with van der Waals surface area (Å²) in [4.78, 5) is 15.6. The summed E-state index contributed by atoms with van der Waals surface area (Å²) in [7, 11) is 1.31. The van der Waals surface area contributed by atoms with Crippen LogP contribution in [0.5, 0.6) is 0 Å². The van der Waals surface area contributed by atoms with E-state index in [-0.39, 0.29) is 5.69 Å². The van der Waals surface area contributed by atoms with Gasteiger partial charge in [0.05, 0.1) is 18.4 Å². The van der Waals surface area contributed by atoms with Crippen LogP contribution in [0.1, 0.15) is 15.9 Å². The van der Waals surface area contributed by atoms with E-state index in [1.54, 1.807) is 42.5 Å². The van der Waals surface area contributed by atoms with Gasteiger partial charge >= 0.3 is 5.97 Å². The lowest BCUT2D eigenvalue weighted by Crippen LogP contribution is -2.04. The second-order valence-corrected chi connectivity index (χ2v) is 3.79. The van der Waals surface area contributed by atoms with Gasteiger partial charge in [-0.15, -0.1) is 0 Å². The summed E-state index contributed by atoms with van der Waals surface area (Å²) in [6.45, 7) is 0. The standard InChI is InChI=1S/C15H12FNO2/c1-19-15(18)12-7-3-2-6-11(12)10-17-14-9-5-4-8-13(14)16/h2-10H,1H3/b17-10-. The summed E-state index contributed by atoms with van der Waals surface area (Å²) in [5, 5.41) is 0. The molecular formula is C15H12FNO2. The van der Waals surface area contributed by atoms with E-state index in [1.165, 1.54) is 19.4 Å². The number of rotatable bonds is 3. The molecular weight excluding hydrogens is 245 g/mol. The molecule has 96 valence electrons. The maximum absolute atomic E-state index is 13.4. The smallest absolute Gasteiger partial charge is 0.338 e. The van der Waals surface area contributed by atoms with Gasteiger partial charge in [-0.2, -0.15) is 0 Å². The summed E-state index contributed by atoms with van der Waals surface area (Å²) < 4.78 is 18.1. The molecule has 4 heteroatoms. The third-order valence-corrected chi connectivity index (χ3v) is 2.56. The van der Waals surface area contributed by atoms with E-state index in [0.29, 0.717) is 11.1 Å². The largest absolute Gasteiger partial charge is 0.465 e. The lowest BCUT2D eigenvalue weighted by Gasteiger charge is -2.03. The molecule has 0 saturated carbocycles. The fourth-order valence-electron chi connectivity index (χ4n) is 1.60. The molecule has 0 aliphatic rings. The number of carbonyl (C=O) groups is 1. The summed E-state index contributed by atoms with van der Waals surface area (Å²) in [5.74, 6) is -0.857. The van der Waals surface area contributed by atoms with Crippen molar-refractivity contribution in [3.63, 3.8) is 0 Å². The van der Waals surface area contributed by atoms with Gasteiger partial charge in [-0.25, -0.2) is 9.18 Å². The van der Waals surface area contributed by atoms with Crippen LogP contribution in [-0.2, 0) is 4.74 Å². The van der Waals surface area contributed by atoms with E-state index in [4.69, 9.17) is 0 Å². The second kappa shape index (κ2) is 5.91. The Morgan fingerprint density at radius 1 is 1.16 bits per heavy atom. The maximum Gasteiger partial charge on any atom is 0.338 e. The molecule has 0 N–H and O–H groups in total. The fourth-order valence-corrected chi connectivity index (χ4v) is 1.60. The highest BCUT2D eigenvalue weighted by Gasteiger charge is 2.09. The highest BCUT2D eigenvalue weighted by Crippen LogP contribution is 2.17. The molecule has 0 spiro atoms. The molecule has 19 heavy (non-hydrogen) atoms. The Bertz CT molecular complexity index is 623. The van der Waals surface area contributed by atoms with Gasteiger partial charge < -0.3 is 4.74 Å². The van der Waals surface area contributed by atoms with Crippen LogP contribution in [0.4, 0.5) is 10.1 Å². The number of benzene rings is 2. The number of nitrogens with zero attached hydrogens (tertiary/aromatic N) is 1. The molecule has 0 aliphatic carbocycles. The fraction of sp³-hybridized carbons (Fsp3) is 0.0667. The van der Waals surface area contributed by atoms with Crippen molar-refractivity contribution >= 4 is 17.9 Å². The van der Waals surface area contributed by atoms with Crippen LogP contribution < -0.4 is 0 Å². The first kappa shape index (κ1) is 13.0. The quantitative estimate of drug-likeness (QED) is 0.624. The van der Waals surface area contributed by atoms with Crippen molar-refractivity contribution in [1.29, 1.82) is 0 Å². The van der Waals surface area contributed by atoms with E-state index >= 15 is 0 Å². The molecule has 2 aromatic carbocycles. The number of hydrogen-bond acceptors (Lipinski definition) is 3. The van der Waals surface area contributed by atoms with E-state index in [2.05, 4.69) is 9.73 Å². The van der Waals surface area contributed by atoms with Crippen LogP contribution in [-0.4, -0.2) is 19.3 Å². The van der Waals surface area contributed by atoms with Gasteiger partial charge in [0.2, 0.25) is 0 Å². The topological polar surface area (TPSA) is 38.7 Å². The number of halogens is 1. The van der Waals surface area contributed by atoms with Crippen molar-refractivity contribution in [3.8, 4) is 0 Å². The normalized spacial score (nSPS) is 10.6. The first-order valence-corrected chi connectivity index (χ1v) is 5.68. The summed E-state index contributed by atoms with van der Waals surface area (Å²) >= 11 is 0. The van der Waals surface area contributed by atoms with Gasteiger partial charge in [0, 0.05) is 11.8 Å². The summed E-state index contributed by atoms with van der Waals surface area (Å²) in [6.07, 6.45) is 1.45. The maximum atomic E-state index is 13.4. The van der Waals surface area contributed by atoms with Crippen LogP contribution >= 0.6 is 0 Å². The van der Waals surface area contributed by atoms with Crippen molar-refractivity contribution in [3.05, 3.63) is 65.5 Å². The van der Waals surface area contributed by atoms with E-state index in [1.807, 2.05) is 0 Å². The predicted octanol–water partition coefficient (Wildman–Crippen LogP) is 3.36. The Morgan fingerprint density at radius 3 is 2.58 bits per heavy atom. The molecule has 0 heterocycles. The Hall–Kier alpha value is -2.49. The van der Waals surface area contributed by atoms with Crippen LogP contribution in [0.2, 0.25) is 0 Å². The zero-order valence-corrected chi connectivity index (χ0v) is 10.3. The van der Waals surface area contributed by atoms with Crippen LogP contribution in [0.3, 0.4) is 0 Å². The van der Waals surface area contributed by atoms with Crippen LogP contribution in [0.25, 0.3) is 0 Å². The van der Waals surface area contributed by atoms with E-state index in [9.17, 15) is 9.18 Å². The zero-order chi connectivity index (χ0) is 13.7. The van der Waals surface area contributed by atoms with Crippen molar-refractivity contribution in [2.45, 2.75) is 0 Å².